The highest BCUT2D eigenvalue weighted by molar-refractivity contribution is 5.88. The molecule has 2 aromatic rings. The van der Waals surface area contributed by atoms with Crippen LogP contribution >= 0.6 is 0 Å². The zero-order valence-corrected chi connectivity index (χ0v) is 18.9. The Morgan fingerprint density at radius 2 is 1.81 bits per heavy atom. The highest BCUT2D eigenvalue weighted by atomic mass is 19.1. The maximum Gasteiger partial charge on any atom is 0.261 e. The molecule has 0 bridgehead atoms. The molecule has 1 atom stereocenters. The molecule has 0 spiro atoms. The van der Waals surface area contributed by atoms with Gasteiger partial charge in [0.05, 0.1) is 0 Å². The first kappa shape index (κ1) is 24.4. The van der Waals surface area contributed by atoms with E-state index in [1.165, 1.54) is 17.0 Å². The Balaban J connectivity index is 2.18. The summed E-state index contributed by atoms with van der Waals surface area (Å²) in [7, 11) is 0. The predicted molar refractivity (Wildman–Crippen MR) is 120 cm³/mol. The number of amides is 2. The van der Waals surface area contributed by atoms with Crippen LogP contribution in [0.2, 0.25) is 0 Å². The third kappa shape index (κ3) is 7.39. The molecule has 0 radical (unpaired) electrons. The molecule has 2 amide bonds. The lowest BCUT2D eigenvalue weighted by atomic mass is 10.1. The average molecular weight is 429 g/mol. The Morgan fingerprint density at radius 3 is 2.42 bits per heavy atom. The second-order valence-electron chi connectivity index (χ2n) is 7.77. The van der Waals surface area contributed by atoms with Crippen LogP contribution in [0.3, 0.4) is 0 Å². The van der Waals surface area contributed by atoms with Crippen LogP contribution < -0.4 is 10.1 Å². The standard InChI is InChI=1S/C25H33FN2O3/c1-5-7-14-27-25(30)22(6-2)28(16-20-9-11-21(26)12-10-20)24(29)17-31-23-13-8-18(3)15-19(23)4/h8-13,15,22H,5-7,14,16-17H2,1-4H3,(H,27,30)/t22-/m1/s1. The normalized spacial score (nSPS) is 11.6. The van der Waals surface area contributed by atoms with Crippen molar-refractivity contribution < 1.29 is 18.7 Å². The van der Waals surface area contributed by atoms with Gasteiger partial charge in [-0.2, -0.15) is 0 Å². The molecule has 31 heavy (non-hydrogen) atoms. The Hall–Kier alpha value is -2.89. The number of carbonyl (C=O) groups excluding carboxylic acids is 2. The van der Waals surface area contributed by atoms with Crippen LogP contribution in [0.15, 0.2) is 42.5 Å². The smallest absolute Gasteiger partial charge is 0.261 e. The van der Waals surface area contributed by atoms with Crippen LogP contribution in [0.5, 0.6) is 5.75 Å². The lowest BCUT2D eigenvalue weighted by molar-refractivity contribution is -0.143. The van der Waals surface area contributed by atoms with Crippen molar-refractivity contribution in [2.45, 2.75) is 59.5 Å². The Morgan fingerprint density at radius 1 is 1.10 bits per heavy atom. The minimum atomic E-state index is -0.628. The van der Waals surface area contributed by atoms with Crippen molar-refractivity contribution in [3.8, 4) is 5.75 Å². The summed E-state index contributed by atoms with van der Waals surface area (Å²) < 4.78 is 19.1. The molecule has 0 aliphatic heterocycles. The summed E-state index contributed by atoms with van der Waals surface area (Å²) in [5.74, 6) is -0.176. The van der Waals surface area contributed by atoms with E-state index < -0.39 is 6.04 Å². The maximum atomic E-state index is 13.3. The van der Waals surface area contributed by atoms with Crippen molar-refractivity contribution in [3.05, 3.63) is 65.0 Å². The number of carbonyl (C=O) groups is 2. The summed E-state index contributed by atoms with van der Waals surface area (Å²) in [6.07, 6.45) is 2.32. The van der Waals surface area contributed by atoms with Gasteiger partial charge in [0.15, 0.2) is 6.61 Å². The van der Waals surface area contributed by atoms with E-state index in [1.807, 2.05) is 39.0 Å². The van der Waals surface area contributed by atoms with Gasteiger partial charge in [0, 0.05) is 13.1 Å². The quantitative estimate of drug-likeness (QED) is 0.535. The molecule has 0 fully saturated rings. The molecular weight excluding hydrogens is 395 g/mol. The van der Waals surface area contributed by atoms with Crippen LogP contribution in [0.4, 0.5) is 4.39 Å². The number of nitrogens with zero attached hydrogens (tertiary/aromatic N) is 1. The Kier molecular flexibility index (Phi) is 9.50. The molecule has 0 unspecified atom stereocenters. The Bertz CT molecular complexity index is 868. The monoisotopic (exact) mass is 428 g/mol. The fourth-order valence-corrected chi connectivity index (χ4v) is 3.40. The number of aryl methyl sites for hydroxylation is 2. The molecule has 0 aliphatic rings. The van der Waals surface area contributed by atoms with Gasteiger partial charge in [-0.25, -0.2) is 4.39 Å². The highest BCUT2D eigenvalue weighted by Gasteiger charge is 2.28. The average Bonchev–Trinajstić information content (AvgIpc) is 2.74. The van der Waals surface area contributed by atoms with E-state index in [0.717, 1.165) is 29.5 Å². The van der Waals surface area contributed by atoms with E-state index in [9.17, 15) is 14.0 Å². The van der Waals surface area contributed by atoms with Crippen molar-refractivity contribution in [2.75, 3.05) is 13.2 Å². The van der Waals surface area contributed by atoms with Crippen molar-refractivity contribution in [2.24, 2.45) is 0 Å². The molecule has 6 heteroatoms. The molecule has 1 N–H and O–H groups in total. The molecular formula is C25H33FN2O3. The van der Waals surface area contributed by atoms with Gasteiger partial charge in [-0.15, -0.1) is 0 Å². The predicted octanol–water partition coefficient (Wildman–Crippen LogP) is 4.55. The van der Waals surface area contributed by atoms with Crippen LogP contribution in [-0.2, 0) is 16.1 Å². The van der Waals surface area contributed by atoms with Gasteiger partial charge in [-0.3, -0.25) is 9.59 Å². The second kappa shape index (κ2) is 12.1. The zero-order valence-electron chi connectivity index (χ0n) is 18.9. The number of ether oxygens (including phenoxy) is 1. The lowest BCUT2D eigenvalue weighted by Gasteiger charge is -2.30. The maximum absolute atomic E-state index is 13.3. The number of nitrogens with one attached hydrogen (secondary N) is 1. The van der Waals surface area contributed by atoms with Crippen molar-refractivity contribution >= 4 is 11.8 Å². The summed E-state index contributed by atoms with van der Waals surface area (Å²) >= 11 is 0. The summed E-state index contributed by atoms with van der Waals surface area (Å²) in [6.45, 7) is 8.45. The van der Waals surface area contributed by atoms with Crippen molar-refractivity contribution in [1.82, 2.24) is 10.2 Å². The fraction of sp³-hybridized carbons (Fsp3) is 0.440. The topological polar surface area (TPSA) is 58.6 Å². The molecule has 0 saturated carbocycles. The highest BCUT2D eigenvalue weighted by Crippen LogP contribution is 2.19. The van der Waals surface area contributed by atoms with E-state index in [0.29, 0.717) is 18.7 Å². The van der Waals surface area contributed by atoms with Crippen molar-refractivity contribution in [1.29, 1.82) is 0 Å². The van der Waals surface area contributed by atoms with Crippen LogP contribution in [-0.4, -0.2) is 35.9 Å². The van der Waals surface area contributed by atoms with E-state index in [4.69, 9.17) is 4.74 Å². The zero-order chi connectivity index (χ0) is 22.8. The van der Waals surface area contributed by atoms with Crippen LogP contribution in [0.25, 0.3) is 0 Å². The van der Waals surface area contributed by atoms with E-state index >= 15 is 0 Å². The van der Waals surface area contributed by atoms with E-state index in [1.54, 1.807) is 12.1 Å². The molecule has 0 aliphatic carbocycles. The van der Waals surface area contributed by atoms with E-state index in [2.05, 4.69) is 12.2 Å². The summed E-state index contributed by atoms with van der Waals surface area (Å²) in [6, 6.07) is 11.1. The molecule has 2 aromatic carbocycles. The number of unbranched alkanes of at least 4 members (excludes halogenated alkanes) is 1. The second-order valence-corrected chi connectivity index (χ2v) is 7.77. The third-order valence-corrected chi connectivity index (χ3v) is 5.16. The van der Waals surface area contributed by atoms with Gasteiger partial charge < -0.3 is 15.0 Å². The van der Waals surface area contributed by atoms with Crippen LogP contribution in [0.1, 0.15) is 49.8 Å². The number of rotatable bonds is 11. The van der Waals surface area contributed by atoms with Crippen LogP contribution in [0, 0.1) is 19.7 Å². The first-order chi connectivity index (χ1) is 14.8. The number of hydrogen-bond acceptors (Lipinski definition) is 3. The lowest BCUT2D eigenvalue weighted by Crippen LogP contribution is -2.50. The largest absolute Gasteiger partial charge is 0.483 e. The molecule has 0 aromatic heterocycles. The SMILES string of the molecule is CCCCNC(=O)[C@@H](CC)N(Cc1ccc(F)cc1)C(=O)COc1ccc(C)cc1C. The first-order valence-corrected chi connectivity index (χ1v) is 10.9. The molecule has 0 heterocycles. The third-order valence-electron chi connectivity index (χ3n) is 5.16. The fourth-order valence-electron chi connectivity index (χ4n) is 3.40. The van der Waals surface area contributed by atoms with Gasteiger partial charge in [-0.1, -0.05) is 50.1 Å². The summed E-state index contributed by atoms with van der Waals surface area (Å²) in [5, 5.41) is 2.92. The Labute approximate surface area is 184 Å². The van der Waals surface area contributed by atoms with Gasteiger partial charge in [0.2, 0.25) is 5.91 Å². The van der Waals surface area contributed by atoms with E-state index in [-0.39, 0.29) is 30.8 Å². The molecule has 168 valence electrons. The van der Waals surface area contributed by atoms with Gasteiger partial charge in [0.25, 0.3) is 5.91 Å². The summed E-state index contributed by atoms with van der Waals surface area (Å²) in [5.41, 5.74) is 2.81. The minimum Gasteiger partial charge on any atom is -0.483 e. The number of hydrogen-bond donors (Lipinski definition) is 1. The molecule has 2 rings (SSSR count). The molecule has 5 nitrogen and oxygen atoms in total. The van der Waals surface area contributed by atoms with Crippen molar-refractivity contribution in [3.63, 3.8) is 0 Å². The number of benzene rings is 2. The van der Waals surface area contributed by atoms with Gasteiger partial charge in [0.1, 0.15) is 17.6 Å². The van der Waals surface area contributed by atoms with Gasteiger partial charge >= 0.3 is 0 Å². The molecule has 0 saturated heterocycles. The van der Waals surface area contributed by atoms with Gasteiger partial charge in [-0.05, 0) is 56.0 Å². The summed E-state index contributed by atoms with van der Waals surface area (Å²) in [4.78, 5) is 27.5. The number of halogens is 1. The minimum absolute atomic E-state index is 0.177. The first-order valence-electron chi connectivity index (χ1n) is 10.9.